The van der Waals surface area contributed by atoms with Crippen molar-refractivity contribution in [1.29, 1.82) is 0 Å². The van der Waals surface area contributed by atoms with E-state index in [4.69, 9.17) is 49.0 Å². The number of hydrogen-bond acceptors (Lipinski definition) is 6. The Labute approximate surface area is 260 Å². The third-order valence-electron chi connectivity index (χ3n) is 11.8. The molecule has 5 saturated carbocycles. The molecule has 0 heterocycles. The molecule has 5 fully saturated rings. The van der Waals surface area contributed by atoms with Crippen molar-refractivity contribution in [3.8, 4) is 0 Å². The highest BCUT2D eigenvalue weighted by Gasteiger charge is 2.65. The summed E-state index contributed by atoms with van der Waals surface area (Å²) in [6, 6.07) is -0.225. The molecule has 0 unspecified atom stereocenters. The van der Waals surface area contributed by atoms with E-state index in [-0.39, 0.29) is 53.5 Å². The van der Waals surface area contributed by atoms with Crippen LogP contribution < -0.4 is 5.32 Å². The van der Waals surface area contributed by atoms with Crippen LogP contribution >= 0.6 is 34.8 Å². The Balaban J connectivity index is 1.43. The van der Waals surface area contributed by atoms with Crippen LogP contribution in [0, 0.1) is 40.4 Å². The van der Waals surface area contributed by atoms with Crippen molar-refractivity contribution in [3.63, 3.8) is 0 Å². The van der Waals surface area contributed by atoms with Gasteiger partial charge in [0.1, 0.15) is 12.7 Å². The van der Waals surface area contributed by atoms with E-state index in [1.807, 2.05) is 6.92 Å². The lowest BCUT2D eigenvalue weighted by Crippen LogP contribution is -2.64. The second-order valence-corrected chi connectivity index (χ2v) is 16.6. The van der Waals surface area contributed by atoms with Gasteiger partial charge in [-0.3, -0.25) is 4.79 Å². The van der Waals surface area contributed by atoms with Crippen molar-refractivity contribution in [2.75, 3.05) is 13.2 Å². The molecule has 10 atom stereocenters. The van der Waals surface area contributed by atoms with Crippen molar-refractivity contribution in [3.05, 3.63) is 0 Å². The van der Waals surface area contributed by atoms with Gasteiger partial charge in [0, 0.05) is 12.6 Å². The smallest absolute Gasteiger partial charge is 0.407 e. The molecule has 0 radical (unpaired) electrons. The summed E-state index contributed by atoms with van der Waals surface area (Å²) in [6.07, 6.45) is 10.0. The molecule has 0 bridgehead atoms. The van der Waals surface area contributed by atoms with Crippen LogP contribution in [0.1, 0.15) is 97.8 Å². The molecule has 7 nitrogen and oxygen atoms in total. The molecule has 0 aromatic rings. The lowest BCUT2D eigenvalue weighted by Gasteiger charge is -2.63. The first-order chi connectivity index (χ1) is 19.4. The normalized spacial score (nSPS) is 42.9. The topological polar surface area (TPSA) is 94.1 Å². The van der Waals surface area contributed by atoms with Gasteiger partial charge in [0.15, 0.2) is 0 Å². The van der Waals surface area contributed by atoms with Crippen LogP contribution in [0.25, 0.3) is 0 Å². The zero-order valence-corrected chi connectivity index (χ0v) is 27.0. The van der Waals surface area contributed by atoms with Crippen LogP contribution in [-0.2, 0) is 19.0 Å². The second-order valence-electron chi connectivity index (χ2n) is 14.1. The maximum atomic E-state index is 13.7. The number of fused-ring (bicyclic) bond motifs is 5. The van der Waals surface area contributed by atoms with Gasteiger partial charge in [-0.1, -0.05) is 55.1 Å². The van der Waals surface area contributed by atoms with E-state index < -0.39 is 16.0 Å². The average Bonchev–Trinajstić information content (AvgIpc) is 3.25. The molecule has 10 heteroatoms. The van der Waals surface area contributed by atoms with E-state index in [9.17, 15) is 14.7 Å². The van der Waals surface area contributed by atoms with E-state index in [1.165, 1.54) is 6.42 Å². The highest BCUT2D eigenvalue weighted by molar-refractivity contribution is 6.67. The van der Waals surface area contributed by atoms with Crippen molar-refractivity contribution in [2.24, 2.45) is 40.4 Å². The summed E-state index contributed by atoms with van der Waals surface area (Å²) in [4.78, 5) is 26.8. The Bertz CT molecular complexity index is 957. The molecule has 5 aliphatic rings. The molecule has 5 aliphatic carbocycles. The van der Waals surface area contributed by atoms with Crippen LogP contribution in [0.4, 0.5) is 4.79 Å². The van der Waals surface area contributed by atoms with Gasteiger partial charge in [0.2, 0.25) is 3.79 Å². The molecule has 0 saturated heterocycles. The predicted molar refractivity (Wildman–Crippen MR) is 159 cm³/mol. The van der Waals surface area contributed by atoms with Crippen molar-refractivity contribution < 1.29 is 28.9 Å². The molecule has 234 valence electrons. The molecular formula is C31H48Cl3NO6. The summed E-state index contributed by atoms with van der Waals surface area (Å²) < 4.78 is 15.8. The Morgan fingerprint density at radius 2 is 1.71 bits per heavy atom. The highest BCUT2D eigenvalue weighted by atomic mass is 35.6. The number of alkyl halides is 3. The van der Waals surface area contributed by atoms with E-state index in [0.29, 0.717) is 37.2 Å². The Morgan fingerprint density at radius 1 is 0.976 bits per heavy atom. The van der Waals surface area contributed by atoms with Gasteiger partial charge >= 0.3 is 12.1 Å². The van der Waals surface area contributed by atoms with Gasteiger partial charge < -0.3 is 24.6 Å². The minimum absolute atomic E-state index is 0.0274. The number of rotatable bonds is 6. The fourth-order valence-electron chi connectivity index (χ4n) is 10.1. The van der Waals surface area contributed by atoms with Crippen LogP contribution in [0.15, 0.2) is 0 Å². The summed E-state index contributed by atoms with van der Waals surface area (Å²) in [5.74, 6) is 0.931. The fraction of sp³-hybridized carbons (Fsp3) is 0.935. The molecule has 0 aromatic carbocycles. The van der Waals surface area contributed by atoms with Crippen LogP contribution in [0.2, 0.25) is 0 Å². The zero-order valence-electron chi connectivity index (χ0n) is 24.7. The van der Waals surface area contributed by atoms with E-state index >= 15 is 0 Å². The van der Waals surface area contributed by atoms with E-state index in [0.717, 1.165) is 57.8 Å². The minimum Gasteiger partial charge on any atom is -0.462 e. The van der Waals surface area contributed by atoms with Crippen molar-refractivity contribution >= 4 is 46.9 Å². The van der Waals surface area contributed by atoms with E-state index in [1.54, 1.807) is 0 Å². The quantitative estimate of drug-likeness (QED) is 0.242. The van der Waals surface area contributed by atoms with E-state index in [2.05, 4.69) is 19.2 Å². The molecule has 2 N–H and O–H groups in total. The van der Waals surface area contributed by atoms with Crippen LogP contribution in [0.5, 0.6) is 0 Å². The van der Waals surface area contributed by atoms with Crippen molar-refractivity contribution in [1.82, 2.24) is 5.32 Å². The molecule has 0 aliphatic heterocycles. The number of aliphatic hydroxyl groups is 1. The standard InChI is InChI=1S/C31H48Cl3NO6/c1-4-39-25-16-29(2)18(14-24(25)36)10-11-20-21-12-13-22(27(37)41-19-8-6-5-7-9-19)30(21,3)15-23(26(20)29)35-28(38)40-17-31(32,33)34/h18-26,36H,4-17H2,1-3H3,(H,35,38)/t18-,20-,21-,22+,23+,24-,25-,26+,29-,30-/m0/s1. The average molecular weight is 637 g/mol. The third-order valence-corrected chi connectivity index (χ3v) is 12.1. The van der Waals surface area contributed by atoms with Crippen LogP contribution in [-0.4, -0.2) is 58.5 Å². The lowest BCUT2D eigenvalue weighted by molar-refractivity contribution is -0.183. The Kier molecular flexibility index (Phi) is 9.73. The number of carbonyl (C=O) groups excluding carboxylic acids is 2. The third kappa shape index (κ3) is 6.50. The first kappa shape index (κ1) is 31.9. The molecule has 0 aromatic heterocycles. The van der Waals surface area contributed by atoms with Crippen molar-refractivity contribution in [2.45, 2.75) is 126 Å². The van der Waals surface area contributed by atoms with Gasteiger partial charge in [-0.15, -0.1) is 0 Å². The number of alkyl carbamates (subject to hydrolysis) is 1. The summed E-state index contributed by atoms with van der Waals surface area (Å²) in [6.45, 7) is 6.75. The number of nitrogens with one attached hydrogen (secondary N) is 1. The van der Waals surface area contributed by atoms with Gasteiger partial charge in [-0.2, -0.15) is 0 Å². The summed E-state index contributed by atoms with van der Waals surface area (Å²) in [5, 5.41) is 14.1. The largest absolute Gasteiger partial charge is 0.462 e. The maximum absolute atomic E-state index is 13.7. The first-order valence-electron chi connectivity index (χ1n) is 15.9. The number of esters is 1. The zero-order chi connectivity index (χ0) is 29.6. The summed E-state index contributed by atoms with van der Waals surface area (Å²) >= 11 is 17.6. The predicted octanol–water partition coefficient (Wildman–Crippen LogP) is 6.97. The first-order valence-corrected chi connectivity index (χ1v) is 17.0. The number of amides is 1. The molecule has 1 amide bonds. The minimum atomic E-state index is -1.70. The summed E-state index contributed by atoms with van der Waals surface area (Å²) in [5.41, 5.74) is -0.437. The lowest BCUT2D eigenvalue weighted by atomic mass is 9.43. The van der Waals surface area contributed by atoms with Gasteiger partial charge in [0.05, 0.1) is 18.1 Å². The fourth-order valence-corrected chi connectivity index (χ4v) is 10.3. The molecule has 5 rings (SSSR count). The number of hydrogen-bond donors (Lipinski definition) is 2. The van der Waals surface area contributed by atoms with Gasteiger partial charge in [-0.05, 0) is 112 Å². The number of aliphatic hydroxyl groups excluding tert-OH is 1. The van der Waals surface area contributed by atoms with Gasteiger partial charge in [0.25, 0.3) is 0 Å². The monoisotopic (exact) mass is 635 g/mol. The molecular weight excluding hydrogens is 589 g/mol. The maximum Gasteiger partial charge on any atom is 0.407 e. The highest BCUT2D eigenvalue weighted by Crippen LogP contribution is 2.67. The second kappa shape index (κ2) is 12.5. The number of carbonyl (C=O) groups is 2. The number of ether oxygens (including phenoxy) is 3. The van der Waals surface area contributed by atoms with Gasteiger partial charge in [-0.25, -0.2) is 4.79 Å². The number of halogens is 3. The van der Waals surface area contributed by atoms with Crippen LogP contribution in [0.3, 0.4) is 0 Å². The Morgan fingerprint density at radius 3 is 2.39 bits per heavy atom. The molecule has 0 spiro atoms. The Hall–Kier alpha value is -0.470. The molecule has 41 heavy (non-hydrogen) atoms. The summed E-state index contributed by atoms with van der Waals surface area (Å²) in [7, 11) is 0. The SMILES string of the molecule is CCO[C@H]1C[C@@]2(C)[C@@H](CC[C@@H]3[C@@H]2[C@H](NC(=O)OCC(Cl)(Cl)Cl)C[C@]2(C)[C@@H](C(=O)OC4CCCCC4)CC[C@@H]32)C[C@@H]1O.